The summed E-state index contributed by atoms with van der Waals surface area (Å²) in [6, 6.07) is 9.88. The number of hydrogen-bond donors (Lipinski definition) is 2. The molecule has 0 aliphatic carbocycles. The van der Waals surface area contributed by atoms with Gasteiger partial charge in [0.1, 0.15) is 5.78 Å². The Bertz CT molecular complexity index is 311. The van der Waals surface area contributed by atoms with Crippen molar-refractivity contribution >= 4 is 5.78 Å². The fourth-order valence-electron chi connectivity index (χ4n) is 1.66. The number of rotatable bonds is 9. The van der Waals surface area contributed by atoms with Crippen molar-refractivity contribution in [2.45, 2.75) is 25.7 Å². The van der Waals surface area contributed by atoms with Crippen molar-refractivity contribution in [3.8, 4) is 0 Å². The highest BCUT2D eigenvalue weighted by molar-refractivity contribution is 5.80. The van der Waals surface area contributed by atoms with Crippen LogP contribution >= 0.6 is 0 Å². The van der Waals surface area contributed by atoms with Crippen LogP contribution < -0.4 is 11.1 Å². The van der Waals surface area contributed by atoms with Gasteiger partial charge in [-0.3, -0.25) is 4.79 Å². The predicted octanol–water partition coefficient (Wildman–Crippen LogP) is 1.52. The van der Waals surface area contributed by atoms with Crippen LogP contribution in [0.3, 0.4) is 0 Å². The van der Waals surface area contributed by atoms with Crippen molar-refractivity contribution in [1.29, 1.82) is 0 Å². The van der Waals surface area contributed by atoms with Crippen LogP contribution in [0, 0.1) is 0 Å². The summed E-state index contributed by atoms with van der Waals surface area (Å²) >= 11 is 0. The second kappa shape index (κ2) is 8.90. The molecule has 0 amide bonds. The zero-order valence-electron chi connectivity index (χ0n) is 10.3. The lowest BCUT2D eigenvalue weighted by Gasteiger charge is -2.04. The summed E-state index contributed by atoms with van der Waals surface area (Å²) in [6.45, 7) is 2.47. The normalized spacial score (nSPS) is 10.4. The molecule has 1 rings (SSSR count). The van der Waals surface area contributed by atoms with Gasteiger partial charge in [-0.15, -0.1) is 0 Å². The Morgan fingerprint density at radius 1 is 1.12 bits per heavy atom. The Balaban J connectivity index is 2.06. The average Bonchev–Trinajstić information content (AvgIpc) is 2.35. The number of benzene rings is 1. The Morgan fingerprint density at radius 3 is 2.59 bits per heavy atom. The smallest absolute Gasteiger partial charge is 0.138 e. The molecule has 0 spiro atoms. The lowest BCUT2D eigenvalue weighted by atomic mass is 10.1. The molecule has 0 heterocycles. The SMILES string of the molecule is NCCCCNCCC(=O)Cc1ccccc1. The van der Waals surface area contributed by atoms with Gasteiger partial charge >= 0.3 is 0 Å². The number of hydrogen-bond acceptors (Lipinski definition) is 3. The maximum Gasteiger partial charge on any atom is 0.138 e. The zero-order chi connectivity index (χ0) is 12.3. The molecule has 0 saturated carbocycles. The van der Waals surface area contributed by atoms with Gasteiger partial charge in [0.05, 0.1) is 0 Å². The number of nitrogens with two attached hydrogens (primary N) is 1. The topological polar surface area (TPSA) is 55.1 Å². The third kappa shape index (κ3) is 6.87. The minimum absolute atomic E-state index is 0.294. The molecule has 1 aromatic rings. The van der Waals surface area contributed by atoms with Crippen LogP contribution in [0.25, 0.3) is 0 Å². The summed E-state index contributed by atoms with van der Waals surface area (Å²) in [4.78, 5) is 11.6. The third-order valence-electron chi connectivity index (χ3n) is 2.63. The molecule has 0 bridgehead atoms. The molecule has 0 fully saturated rings. The maximum absolute atomic E-state index is 11.6. The number of nitrogens with one attached hydrogen (secondary N) is 1. The summed E-state index contributed by atoms with van der Waals surface area (Å²) in [5.41, 5.74) is 6.49. The Hall–Kier alpha value is -1.19. The molecule has 0 unspecified atom stereocenters. The lowest BCUT2D eigenvalue weighted by molar-refractivity contribution is -0.118. The van der Waals surface area contributed by atoms with E-state index in [0.717, 1.165) is 38.0 Å². The first-order valence-corrected chi connectivity index (χ1v) is 6.29. The van der Waals surface area contributed by atoms with Gasteiger partial charge in [0.15, 0.2) is 0 Å². The van der Waals surface area contributed by atoms with Gasteiger partial charge in [0.2, 0.25) is 0 Å². The van der Waals surface area contributed by atoms with E-state index >= 15 is 0 Å². The molecule has 3 nitrogen and oxygen atoms in total. The van der Waals surface area contributed by atoms with Crippen LogP contribution in [0.1, 0.15) is 24.8 Å². The molecule has 0 aromatic heterocycles. The monoisotopic (exact) mass is 234 g/mol. The zero-order valence-corrected chi connectivity index (χ0v) is 10.3. The molecule has 17 heavy (non-hydrogen) atoms. The van der Waals surface area contributed by atoms with Crippen LogP contribution in [0.4, 0.5) is 0 Å². The van der Waals surface area contributed by atoms with Crippen LogP contribution in [0.5, 0.6) is 0 Å². The number of unbranched alkanes of at least 4 members (excludes halogenated alkanes) is 1. The Labute approximate surface area is 103 Å². The molecule has 0 atom stereocenters. The maximum atomic E-state index is 11.6. The molecule has 3 N–H and O–H groups in total. The number of Topliss-reactive ketones (excluding diaryl/α,β-unsaturated/α-hetero) is 1. The second-order valence-electron chi connectivity index (χ2n) is 4.20. The number of carbonyl (C=O) groups is 1. The number of ketones is 1. The second-order valence-corrected chi connectivity index (χ2v) is 4.20. The summed E-state index contributed by atoms with van der Waals surface area (Å²) in [6.07, 6.45) is 3.29. The van der Waals surface area contributed by atoms with Crippen LogP contribution in [-0.2, 0) is 11.2 Å². The third-order valence-corrected chi connectivity index (χ3v) is 2.63. The van der Waals surface area contributed by atoms with E-state index in [1.165, 1.54) is 0 Å². The molecule has 0 saturated heterocycles. The minimum atomic E-state index is 0.294. The first-order chi connectivity index (χ1) is 8.33. The van der Waals surface area contributed by atoms with Crippen molar-refractivity contribution in [3.05, 3.63) is 35.9 Å². The molecule has 0 radical (unpaired) electrons. The highest BCUT2D eigenvalue weighted by atomic mass is 16.1. The van der Waals surface area contributed by atoms with Gasteiger partial charge in [0.25, 0.3) is 0 Å². The molecule has 0 aliphatic heterocycles. The highest BCUT2D eigenvalue weighted by Gasteiger charge is 2.02. The first kappa shape index (κ1) is 13.9. The van der Waals surface area contributed by atoms with Crippen molar-refractivity contribution in [3.63, 3.8) is 0 Å². The standard InChI is InChI=1S/C14H22N2O/c15-9-4-5-10-16-11-8-14(17)12-13-6-2-1-3-7-13/h1-3,6-7,16H,4-5,8-12,15H2. The fourth-order valence-corrected chi connectivity index (χ4v) is 1.66. The van der Waals surface area contributed by atoms with Crippen LogP contribution in [0.2, 0.25) is 0 Å². The molecular formula is C14H22N2O. The predicted molar refractivity (Wildman–Crippen MR) is 70.9 cm³/mol. The minimum Gasteiger partial charge on any atom is -0.330 e. The van der Waals surface area contributed by atoms with E-state index in [4.69, 9.17) is 5.73 Å². The van der Waals surface area contributed by atoms with Gasteiger partial charge < -0.3 is 11.1 Å². The van der Waals surface area contributed by atoms with Gasteiger partial charge in [-0.25, -0.2) is 0 Å². The molecule has 1 aromatic carbocycles. The Morgan fingerprint density at radius 2 is 1.88 bits per heavy atom. The van der Waals surface area contributed by atoms with E-state index in [0.29, 0.717) is 18.6 Å². The van der Waals surface area contributed by atoms with E-state index in [1.807, 2.05) is 30.3 Å². The first-order valence-electron chi connectivity index (χ1n) is 6.29. The summed E-state index contributed by atoms with van der Waals surface area (Å²) in [5, 5.41) is 3.26. The van der Waals surface area contributed by atoms with E-state index in [9.17, 15) is 4.79 Å². The highest BCUT2D eigenvalue weighted by Crippen LogP contribution is 2.01. The Kier molecular flexibility index (Phi) is 7.27. The van der Waals surface area contributed by atoms with E-state index < -0.39 is 0 Å². The van der Waals surface area contributed by atoms with E-state index in [2.05, 4.69) is 5.32 Å². The van der Waals surface area contributed by atoms with Crippen molar-refractivity contribution < 1.29 is 4.79 Å². The van der Waals surface area contributed by atoms with Gasteiger partial charge in [-0.05, 0) is 31.5 Å². The molecule has 0 aliphatic rings. The van der Waals surface area contributed by atoms with E-state index in [1.54, 1.807) is 0 Å². The summed E-state index contributed by atoms with van der Waals surface area (Å²) in [5.74, 6) is 0.294. The van der Waals surface area contributed by atoms with Gasteiger partial charge in [0, 0.05) is 19.4 Å². The average molecular weight is 234 g/mol. The van der Waals surface area contributed by atoms with Crippen LogP contribution in [-0.4, -0.2) is 25.4 Å². The largest absolute Gasteiger partial charge is 0.330 e. The lowest BCUT2D eigenvalue weighted by Crippen LogP contribution is -2.20. The molecular weight excluding hydrogens is 212 g/mol. The fraction of sp³-hybridized carbons (Fsp3) is 0.500. The van der Waals surface area contributed by atoms with Crippen molar-refractivity contribution in [2.24, 2.45) is 5.73 Å². The van der Waals surface area contributed by atoms with Crippen molar-refractivity contribution in [1.82, 2.24) is 5.32 Å². The molecule has 94 valence electrons. The van der Waals surface area contributed by atoms with Crippen molar-refractivity contribution in [2.75, 3.05) is 19.6 Å². The summed E-state index contributed by atoms with van der Waals surface area (Å²) < 4.78 is 0. The summed E-state index contributed by atoms with van der Waals surface area (Å²) in [7, 11) is 0. The van der Waals surface area contributed by atoms with Gasteiger partial charge in [-0.2, -0.15) is 0 Å². The molecule has 3 heteroatoms. The van der Waals surface area contributed by atoms with Crippen LogP contribution in [0.15, 0.2) is 30.3 Å². The van der Waals surface area contributed by atoms with E-state index in [-0.39, 0.29) is 0 Å². The van der Waals surface area contributed by atoms with Gasteiger partial charge in [-0.1, -0.05) is 30.3 Å². The quantitative estimate of drug-likeness (QED) is 0.637. The number of carbonyl (C=O) groups excluding carboxylic acids is 1.